The highest BCUT2D eigenvalue weighted by Gasteiger charge is 2.11. The molecule has 1 unspecified atom stereocenters. The predicted molar refractivity (Wildman–Crippen MR) is 37.8 cm³/mol. The summed E-state index contributed by atoms with van der Waals surface area (Å²) in [7, 11) is 0. The van der Waals surface area contributed by atoms with Crippen LogP contribution in [0.3, 0.4) is 0 Å². The Labute approximate surface area is 69.9 Å². The van der Waals surface area contributed by atoms with Crippen molar-refractivity contribution in [3.63, 3.8) is 0 Å². The van der Waals surface area contributed by atoms with Crippen molar-refractivity contribution in [2.75, 3.05) is 6.61 Å². The van der Waals surface area contributed by atoms with Gasteiger partial charge in [-0.1, -0.05) is 0 Å². The fourth-order valence-corrected chi connectivity index (χ4v) is 0.491. The van der Waals surface area contributed by atoms with Gasteiger partial charge in [0.25, 0.3) is 0 Å². The number of hydrogen-bond donors (Lipinski definition) is 0. The predicted octanol–water partition coefficient (Wildman–Crippen LogP) is 0.00478. The Kier molecular flexibility index (Phi) is 4.46. The highest BCUT2D eigenvalue weighted by Crippen LogP contribution is 1.92. The molecule has 0 aliphatic rings. The third-order valence-electron chi connectivity index (χ3n) is 0.890. The van der Waals surface area contributed by atoms with Crippen molar-refractivity contribution in [2.45, 2.75) is 20.0 Å². The summed E-state index contributed by atoms with van der Waals surface area (Å²) in [4.78, 5) is 20.6. The van der Waals surface area contributed by atoms with Crippen LogP contribution >= 0.6 is 0 Å². The van der Waals surface area contributed by atoms with E-state index in [9.17, 15) is 9.59 Å². The van der Waals surface area contributed by atoms with Crippen LogP contribution in [0.5, 0.6) is 0 Å². The van der Waals surface area contributed by atoms with Crippen molar-refractivity contribution >= 4 is 11.9 Å². The van der Waals surface area contributed by atoms with Crippen molar-refractivity contribution in [1.29, 1.82) is 5.26 Å². The Morgan fingerprint density at radius 2 is 2.00 bits per heavy atom. The van der Waals surface area contributed by atoms with Gasteiger partial charge < -0.3 is 9.47 Å². The number of nitriles is 1. The lowest BCUT2D eigenvalue weighted by atomic mass is 10.4. The number of carbonyl (C=O) groups excluding carboxylic acids is 2. The van der Waals surface area contributed by atoms with E-state index in [0.29, 0.717) is 0 Å². The highest BCUT2D eigenvalue weighted by atomic mass is 16.6. The Morgan fingerprint density at radius 3 is 2.33 bits per heavy atom. The van der Waals surface area contributed by atoms with E-state index in [2.05, 4.69) is 9.47 Å². The van der Waals surface area contributed by atoms with Crippen LogP contribution in [0.2, 0.25) is 0 Å². The second-order valence-corrected chi connectivity index (χ2v) is 2.03. The van der Waals surface area contributed by atoms with E-state index in [4.69, 9.17) is 5.26 Å². The number of esters is 2. The van der Waals surface area contributed by atoms with Crippen LogP contribution in [-0.4, -0.2) is 24.6 Å². The zero-order valence-corrected chi connectivity index (χ0v) is 6.86. The monoisotopic (exact) mass is 171 g/mol. The summed E-state index contributed by atoms with van der Waals surface area (Å²) in [5.74, 6) is -1.09. The van der Waals surface area contributed by atoms with Crippen molar-refractivity contribution in [2.24, 2.45) is 0 Å². The molecule has 12 heavy (non-hydrogen) atoms. The molecule has 0 radical (unpaired) electrons. The van der Waals surface area contributed by atoms with E-state index >= 15 is 0 Å². The van der Waals surface area contributed by atoms with E-state index < -0.39 is 18.0 Å². The molecule has 0 saturated carbocycles. The van der Waals surface area contributed by atoms with E-state index in [1.54, 1.807) is 6.07 Å². The number of ether oxygens (including phenoxy) is 2. The Balaban J connectivity index is 3.78. The maximum Gasteiger partial charge on any atom is 0.304 e. The van der Waals surface area contributed by atoms with Gasteiger partial charge >= 0.3 is 11.9 Å². The van der Waals surface area contributed by atoms with E-state index in [1.807, 2.05) is 0 Å². The number of nitrogens with zero attached hydrogens (tertiary/aromatic N) is 1. The van der Waals surface area contributed by atoms with Gasteiger partial charge in [-0.3, -0.25) is 9.59 Å². The van der Waals surface area contributed by atoms with Crippen LogP contribution in [0.25, 0.3) is 0 Å². The molecule has 66 valence electrons. The zero-order chi connectivity index (χ0) is 9.56. The Morgan fingerprint density at radius 1 is 1.42 bits per heavy atom. The first-order valence-corrected chi connectivity index (χ1v) is 3.26. The molecule has 0 heterocycles. The first kappa shape index (κ1) is 10.4. The van der Waals surface area contributed by atoms with E-state index in [-0.39, 0.29) is 6.61 Å². The first-order chi connectivity index (χ1) is 5.56. The van der Waals surface area contributed by atoms with Gasteiger partial charge in [-0.25, -0.2) is 0 Å². The lowest BCUT2D eigenvalue weighted by Gasteiger charge is -2.08. The summed E-state index contributed by atoms with van der Waals surface area (Å²) >= 11 is 0. The summed E-state index contributed by atoms with van der Waals surface area (Å²) in [5.41, 5.74) is 0. The minimum atomic E-state index is -1.01. The zero-order valence-electron chi connectivity index (χ0n) is 6.86. The van der Waals surface area contributed by atoms with Crippen LogP contribution in [0, 0.1) is 11.3 Å². The summed E-state index contributed by atoms with van der Waals surface area (Å²) in [5, 5.41) is 8.37. The van der Waals surface area contributed by atoms with Crippen LogP contribution in [0.4, 0.5) is 0 Å². The topological polar surface area (TPSA) is 76.4 Å². The van der Waals surface area contributed by atoms with Gasteiger partial charge in [-0.2, -0.15) is 5.26 Å². The molecule has 0 aromatic carbocycles. The maximum atomic E-state index is 10.3. The molecule has 0 bridgehead atoms. The third-order valence-corrected chi connectivity index (χ3v) is 0.890. The quantitative estimate of drug-likeness (QED) is 0.559. The lowest BCUT2D eigenvalue weighted by molar-refractivity contribution is -0.153. The molecule has 0 aliphatic heterocycles. The van der Waals surface area contributed by atoms with Crippen molar-refractivity contribution in [3.8, 4) is 6.07 Å². The van der Waals surface area contributed by atoms with Crippen LogP contribution < -0.4 is 0 Å². The summed E-state index contributed by atoms with van der Waals surface area (Å²) in [6.45, 7) is 2.17. The molecular weight excluding hydrogens is 162 g/mol. The number of hydrogen-bond acceptors (Lipinski definition) is 5. The standard InChI is InChI=1S/C7H9NO4/c1-5(9)11-4-7(3-8)12-6(2)10/h7H,4H2,1-2H3. The fourth-order valence-electron chi connectivity index (χ4n) is 0.491. The van der Waals surface area contributed by atoms with E-state index in [1.165, 1.54) is 13.8 Å². The second kappa shape index (κ2) is 5.13. The molecule has 0 aliphatic carbocycles. The molecule has 0 fully saturated rings. The van der Waals surface area contributed by atoms with Crippen molar-refractivity contribution < 1.29 is 19.1 Å². The Bertz CT molecular complexity index is 218. The van der Waals surface area contributed by atoms with Gasteiger partial charge in [0.15, 0.2) is 0 Å². The Hall–Kier alpha value is -1.57. The van der Waals surface area contributed by atoms with Gasteiger partial charge in [0, 0.05) is 13.8 Å². The van der Waals surface area contributed by atoms with E-state index in [0.717, 1.165) is 0 Å². The minimum Gasteiger partial charge on any atom is -0.461 e. The molecular formula is C7H9NO4. The lowest BCUT2D eigenvalue weighted by Crippen LogP contribution is -2.21. The van der Waals surface area contributed by atoms with Crippen LogP contribution in [-0.2, 0) is 19.1 Å². The third kappa shape index (κ3) is 5.23. The smallest absolute Gasteiger partial charge is 0.304 e. The average Bonchev–Trinajstić information content (AvgIpc) is 1.97. The molecule has 0 N–H and O–H groups in total. The summed E-state index contributed by atoms with van der Waals surface area (Å²) < 4.78 is 8.93. The first-order valence-electron chi connectivity index (χ1n) is 3.26. The van der Waals surface area contributed by atoms with Crippen molar-refractivity contribution in [3.05, 3.63) is 0 Å². The van der Waals surface area contributed by atoms with Crippen molar-refractivity contribution in [1.82, 2.24) is 0 Å². The molecule has 1 atom stereocenters. The molecule has 0 saturated heterocycles. The van der Waals surface area contributed by atoms with Gasteiger partial charge in [-0.15, -0.1) is 0 Å². The molecule has 0 rings (SSSR count). The summed E-state index contributed by atoms with van der Waals surface area (Å²) in [6.07, 6.45) is -1.01. The number of rotatable bonds is 3. The second-order valence-electron chi connectivity index (χ2n) is 2.03. The van der Waals surface area contributed by atoms with Crippen LogP contribution in [0.1, 0.15) is 13.8 Å². The van der Waals surface area contributed by atoms with Gasteiger partial charge in [0.1, 0.15) is 12.7 Å². The van der Waals surface area contributed by atoms with Gasteiger partial charge in [0.05, 0.1) is 0 Å². The average molecular weight is 171 g/mol. The SMILES string of the molecule is CC(=O)OCC(C#N)OC(C)=O. The van der Waals surface area contributed by atoms with Crippen LogP contribution in [0.15, 0.2) is 0 Å². The molecule has 0 amide bonds. The van der Waals surface area contributed by atoms with Gasteiger partial charge in [-0.05, 0) is 0 Å². The fraction of sp³-hybridized carbons (Fsp3) is 0.571. The molecule has 5 heteroatoms. The highest BCUT2D eigenvalue weighted by molar-refractivity contribution is 5.67. The largest absolute Gasteiger partial charge is 0.461 e. The molecule has 0 spiro atoms. The minimum absolute atomic E-state index is 0.217. The normalized spacial score (nSPS) is 11.1. The number of carbonyl (C=O) groups is 2. The molecule has 0 aromatic heterocycles. The maximum absolute atomic E-state index is 10.3. The molecule has 0 aromatic rings. The summed E-state index contributed by atoms with van der Waals surface area (Å²) in [6, 6.07) is 1.67. The van der Waals surface area contributed by atoms with Gasteiger partial charge in [0.2, 0.25) is 6.10 Å². The molecule has 5 nitrogen and oxygen atoms in total.